The minimum absolute atomic E-state index is 0.228. The topological polar surface area (TPSA) is 123 Å². The number of hydrogen-bond acceptors (Lipinski definition) is 5. The van der Waals surface area contributed by atoms with Crippen LogP contribution in [0.4, 0.5) is 15.9 Å². The SMILES string of the molecule is N#Cc1c(N)n[nH]c1CCCN=C(N)N1CCN(c2ccc(F)cc2)CC1. The largest absolute Gasteiger partial charge is 0.381 e. The Bertz CT molecular complexity index is 828. The summed E-state index contributed by atoms with van der Waals surface area (Å²) in [5, 5.41) is 15.7. The zero-order chi connectivity index (χ0) is 19.2. The van der Waals surface area contributed by atoms with E-state index in [1.165, 1.54) is 12.1 Å². The van der Waals surface area contributed by atoms with E-state index in [2.05, 4.69) is 31.1 Å². The van der Waals surface area contributed by atoms with Crippen molar-refractivity contribution in [1.82, 2.24) is 15.1 Å². The number of nitrogens with zero attached hydrogens (tertiary/aromatic N) is 5. The minimum Gasteiger partial charge on any atom is -0.381 e. The van der Waals surface area contributed by atoms with Crippen molar-refractivity contribution in [2.24, 2.45) is 10.7 Å². The standard InChI is InChI=1S/C18H23FN8/c19-13-3-5-14(6-4-13)26-8-10-27(11-9-26)18(22)23-7-1-2-16-15(12-20)17(21)25-24-16/h3-6H,1-2,7-11H2,(H2,22,23)(H3,21,24,25). The van der Waals surface area contributed by atoms with Crippen LogP contribution in [0.2, 0.25) is 0 Å². The van der Waals surface area contributed by atoms with Crippen molar-refractivity contribution >= 4 is 17.5 Å². The third kappa shape index (κ3) is 4.47. The van der Waals surface area contributed by atoms with Crippen molar-refractivity contribution in [2.75, 3.05) is 43.4 Å². The Morgan fingerprint density at radius 1 is 1.26 bits per heavy atom. The molecule has 0 saturated carbocycles. The molecule has 5 N–H and O–H groups in total. The highest BCUT2D eigenvalue weighted by Crippen LogP contribution is 2.17. The molecule has 1 fully saturated rings. The van der Waals surface area contributed by atoms with Gasteiger partial charge in [-0.3, -0.25) is 10.1 Å². The second-order valence-electron chi connectivity index (χ2n) is 6.37. The summed E-state index contributed by atoms with van der Waals surface area (Å²) in [6, 6.07) is 8.59. The predicted octanol–water partition coefficient (Wildman–Crippen LogP) is 1.07. The Balaban J connectivity index is 1.45. The smallest absolute Gasteiger partial charge is 0.191 e. The zero-order valence-electron chi connectivity index (χ0n) is 15.0. The monoisotopic (exact) mass is 370 g/mol. The maximum Gasteiger partial charge on any atom is 0.191 e. The molecule has 2 heterocycles. The van der Waals surface area contributed by atoms with E-state index in [1.807, 2.05) is 0 Å². The summed E-state index contributed by atoms with van der Waals surface area (Å²) in [4.78, 5) is 8.69. The van der Waals surface area contributed by atoms with E-state index in [0.29, 0.717) is 24.5 Å². The second kappa shape index (κ2) is 8.40. The van der Waals surface area contributed by atoms with E-state index in [-0.39, 0.29) is 11.6 Å². The maximum atomic E-state index is 13.0. The first kappa shape index (κ1) is 18.5. The van der Waals surface area contributed by atoms with Gasteiger partial charge in [0, 0.05) is 38.4 Å². The van der Waals surface area contributed by atoms with Gasteiger partial charge < -0.3 is 21.3 Å². The third-order valence-corrected chi connectivity index (χ3v) is 4.64. The molecule has 142 valence electrons. The predicted molar refractivity (Wildman–Crippen MR) is 103 cm³/mol. The summed E-state index contributed by atoms with van der Waals surface area (Å²) in [5.41, 5.74) is 13.9. The number of guanidine groups is 1. The van der Waals surface area contributed by atoms with Gasteiger partial charge in [-0.1, -0.05) is 0 Å². The highest BCUT2D eigenvalue weighted by Gasteiger charge is 2.18. The summed E-state index contributed by atoms with van der Waals surface area (Å²) >= 11 is 0. The van der Waals surface area contributed by atoms with Gasteiger partial charge in [-0.2, -0.15) is 10.4 Å². The van der Waals surface area contributed by atoms with Crippen LogP contribution >= 0.6 is 0 Å². The Labute approximate surface area is 157 Å². The molecule has 0 amide bonds. The quantitative estimate of drug-likeness (QED) is 0.411. The van der Waals surface area contributed by atoms with Crippen LogP contribution in [-0.4, -0.2) is 53.8 Å². The Morgan fingerprint density at radius 3 is 2.63 bits per heavy atom. The van der Waals surface area contributed by atoms with Gasteiger partial charge in [-0.25, -0.2) is 4.39 Å². The molecule has 2 aromatic rings. The lowest BCUT2D eigenvalue weighted by Gasteiger charge is -2.36. The number of aromatic nitrogens is 2. The molecular formula is C18H23FN8. The molecule has 0 radical (unpaired) electrons. The molecule has 0 atom stereocenters. The fourth-order valence-electron chi connectivity index (χ4n) is 3.09. The van der Waals surface area contributed by atoms with Crippen molar-refractivity contribution < 1.29 is 4.39 Å². The summed E-state index contributed by atoms with van der Waals surface area (Å²) < 4.78 is 13.0. The molecule has 1 aromatic heterocycles. The first-order valence-corrected chi connectivity index (χ1v) is 8.86. The van der Waals surface area contributed by atoms with Crippen LogP contribution in [0.15, 0.2) is 29.3 Å². The van der Waals surface area contributed by atoms with E-state index in [0.717, 1.165) is 44.0 Å². The first-order chi connectivity index (χ1) is 13.1. The van der Waals surface area contributed by atoms with E-state index < -0.39 is 0 Å². The second-order valence-corrected chi connectivity index (χ2v) is 6.37. The average Bonchev–Trinajstić information content (AvgIpc) is 3.05. The summed E-state index contributed by atoms with van der Waals surface area (Å²) in [7, 11) is 0. The van der Waals surface area contributed by atoms with Crippen LogP contribution in [0, 0.1) is 17.1 Å². The van der Waals surface area contributed by atoms with Gasteiger partial charge in [0.2, 0.25) is 0 Å². The summed E-state index contributed by atoms with van der Waals surface area (Å²) in [6.45, 7) is 3.71. The number of aromatic amines is 1. The normalized spacial score (nSPS) is 15.0. The highest BCUT2D eigenvalue weighted by atomic mass is 19.1. The van der Waals surface area contributed by atoms with Crippen LogP contribution in [0.3, 0.4) is 0 Å². The van der Waals surface area contributed by atoms with Crippen LogP contribution in [0.5, 0.6) is 0 Å². The molecule has 0 spiro atoms. The molecule has 1 saturated heterocycles. The third-order valence-electron chi connectivity index (χ3n) is 4.64. The number of piperazine rings is 1. The van der Waals surface area contributed by atoms with Gasteiger partial charge in [0.05, 0.1) is 5.69 Å². The molecule has 8 nitrogen and oxygen atoms in total. The molecule has 1 aliphatic heterocycles. The minimum atomic E-state index is -0.228. The number of halogens is 1. The lowest BCUT2D eigenvalue weighted by atomic mass is 10.1. The van der Waals surface area contributed by atoms with E-state index in [1.54, 1.807) is 12.1 Å². The van der Waals surface area contributed by atoms with Crippen molar-refractivity contribution in [1.29, 1.82) is 5.26 Å². The molecule has 0 bridgehead atoms. The zero-order valence-corrected chi connectivity index (χ0v) is 15.0. The molecule has 0 aliphatic carbocycles. The molecule has 27 heavy (non-hydrogen) atoms. The number of H-pyrrole nitrogens is 1. The number of anilines is 2. The van der Waals surface area contributed by atoms with Crippen molar-refractivity contribution in [3.05, 3.63) is 41.3 Å². The van der Waals surface area contributed by atoms with Crippen LogP contribution in [-0.2, 0) is 6.42 Å². The average molecular weight is 370 g/mol. The number of nitrogen functional groups attached to an aromatic ring is 1. The van der Waals surface area contributed by atoms with Gasteiger partial charge in [0.15, 0.2) is 11.8 Å². The maximum absolute atomic E-state index is 13.0. The molecule has 9 heteroatoms. The number of hydrogen-bond donors (Lipinski definition) is 3. The molecule has 3 rings (SSSR count). The Kier molecular flexibility index (Phi) is 5.76. The van der Waals surface area contributed by atoms with Crippen molar-refractivity contribution in [3.63, 3.8) is 0 Å². The van der Waals surface area contributed by atoms with Crippen LogP contribution < -0.4 is 16.4 Å². The van der Waals surface area contributed by atoms with Crippen molar-refractivity contribution in [2.45, 2.75) is 12.8 Å². The Morgan fingerprint density at radius 2 is 1.96 bits per heavy atom. The van der Waals surface area contributed by atoms with E-state index >= 15 is 0 Å². The van der Waals surface area contributed by atoms with Crippen molar-refractivity contribution in [3.8, 4) is 6.07 Å². The number of aryl methyl sites for hydroxylation is 1. The van der Waals surface area contributed by atoms with E-state index in [4.69, 9.17) is 16.7 Å². The van der Waals surface area contributed by atoms with Gasteiger partial charge in [-0.05, 0) is 37.1 Å². The van der Waals surface area contributed by atoms with Gasteiger partial charge >= 0.3 is 0 Å². The van der Waals surface area contributed by atoms with Crippen LogP contribution in [0.1, 0.15) is 17.7 Å². The molecular weight excluding hydrogens is 347 g/mol. The Hall–Kier alpha value is -3.28. The fourth-order valence-corrected chi connectivity index (χ4v) is 3.09. The number of aliphatic imine (C=N–C) groups is 1. The summed E-state index contributed by atoms with van der Waals surface area (Å²) in [5.74, 6) is 0.529. The number of nitrogens with one attached hydrogen (secondary N) is 1. The van der Waals surface area contributed by atoms with Crippen LogP contribution in [0.25, 0.3) is 0 Å². The van der Waals surface area contributed by atoms with Gasteiger partial charge in [0.25, 0.3) is 0 Å². The molecule has 1 aliphatic rings. The van der Waals surface area contributed by atoms with E-state index in [9.17, 15) is 4.39 Å². The number of nitriles is 1. The number of rotatable bonds is 5. The highest BCUT2D eigenvalue weighted by molar-refractivity contribution is 5.78. The lowest BCUT2D eigenvalue weighted by Crippen LogP contribution is -2.51. The first-order valence-electron chi connectivity index (χ1n) is 8.86. The fraction of sp³-hybridized carbons (Fsp3) is 0.389. The summed E-state index contributed by atoms with van der Waals surface area (Å²) in [6.07, 6.45) is 1.38. The molecule has 0 unspecified atom stereocenters. The number of nitrogens with two attached hydrogens (primary N) is 2. The number of benzene rings is 1. The molecule has 1 aromatic carbocycles. The van der Waals surface area contributed by atoms with Gasteiger partial charge in [0.1, 0.15) is 17.4 Å². The van der Waals surface area contributed by atoms with Gasteiger partial charge in [-0.15, -0.1) is 0 Å². The lowest BCUT2D eigenvalue weighted by molar-refractivity contribution is 0.380.